The van der Waals surface area contributed by atoms with Gasteiger partial charge in [0.15, 0.2) is 6.29 Å². The summed E-state index contributed by atoms with van der Waals surface area (Å²) in [7, 11) is 0. The van der Waals surface area contributed by atoms with Gasteiger partial charge in [0.2, 0.25) is 0 Å². The lowest BCUT2D eigenvalue weighted by molar-refractivity contribution is 0.0651. The van der Waals surface area contributed by atoms with Crippen LogP contribution in [0.5, 0.6) is 0 Å². The number of aldehydes is 1. The van der Waals surface area contributed by atoms with Crippen molar-refractivity contribution in [1.29, 1.82) is 0 Å². The molecule has 2 amide bonds. The van der Waals surface area contributed by atoms with Gasteiger partial charge in [-0.25, -0.2) is 4.79 Å². The molecule has 104 valence electrons. The SMILES string of the molecule is NCCCN1C(=O)c2cc(C=O)c(C(=O)O)cc2C1=O. The Morgan fingerprint density at radius 1 is 1.25 bits per heavy atom. The van der Waals surface area contributed by atoms with Crippen LogP contribution < -0.4 is 5.73 Å². The zero-order chi connectivity index (χ0) is 14.9. The molecule has 1 aliphatic rings. The van der Waals surface area contributed by atoms with Crippen LogP contribution in [-0.2, 0) is 0 Å². The van der Waals surface area contributed by atoms with Crippen molar-refractivity contribution in [2.45, 2.75) is 6.42 Å². The van der Waals surface area contributed by atoms with E-state index in [2.05, 4.69) is 0 Å². The summed E-state index contributed by atoms with van der Waals surface area (Å²) < 4.78 is 0. The van der Waals surface area contributed by atoms with Crippen molar-refractivity contribution in [3.8, 4) is 0 Å². The van der Waals surface area contributed by atoms with Crippen LogP contribution in [0.1, 0.15) is 47.9 Å². The summed E-state index contributed by atoms with van der Waals surface area (Å²) in [4.78, 5) is 47.1. The quantitative estimate of drug-likeness (QED) is 0.583. The number of hydrogen-bond donors (Lipinski definition) is 2. The van der Waals surface area contributed by atoms with Crippen molar-refractivity contribution < 1.29 is 24.3 Å². The van der Waals surface area contributed by atoms with Gasteiger partial charge in [0.25, 0.3) is 11.8 Å². The molecular formula is C13H12N2O5. The summed E-state index contributed by atoms with van der Waals surface area (Å²) in [6.45, 7) is 0.495. The maximum Gasteiger partial charge on any atom is 0.336 e. The number of imide groups is 1. The third-order valence-electron chi connectivity index (χ3n) is 3.08. The molecule has 1 aromatic rings. The first-order valence-corrected chi connectivity index (χ1v) is 5.94. The molecule has 0 spiro atoms. The molecule has 0 radical (unpaired) electrons. The number of aromatic carboxylic acids is 1. The Kier molecular flexibility index (Phi) is 3.62. The smallest absolute Gasteiger partial charge is 0.336 e. The fourth-order valence-electron chi connectivity index (χ4n) is 2.09. The van der Waals surface area contributed by atoms with E-state index in [1.165, 1.54) is 0 Å². The number of amides is 2. The van der Waals surface area contributed by atoms with Crippen molar-refractivity contribution in [3.63, 3.8) is 0 Å². The van der Waals surface area contributed by atoms with Gasteiger partial charge >= 0.3 is 5.97 Å². The molecule has 0 atom stereocenters. The molecule has 0 aliphatic carbocycles. The molecule has 0 bridgehead atoms. The minimum atomic E-state index is -1.32. The van der Waals surface area contributed by atoms with Gasteiger partial charge in [-0.15, -0.1) is 0 Å². The lowest BCUT2D eigenvalue weighted by Crippen LogP contribution is -2.31. The van der Waals surface area contributed by atoms with Crippen LogP contribution in [0.2, 0.25) is 0 Å². The molecule has 2 rings (SSSR count). The molecule has 0 saturated heterocycles. The second kappa shape index (κ2) is 5.22. The van der Waals surface area contributed by atoms with Crippen LogP contribution in [0.15, 0.2) is 12.1 Å². The molecule has 0 aromatic heterocycles. The van der Waals surface area contributed by atoms with E-state index in [0.29, 0.717) is 19.3 Å². The maximum absolute atomic E-state index is 12.1. The Morgan fingerprint density at radius 3 is 2.35 bits per heavy atom. The first kappa shape index (κ1) is 13.9. The lowest BCUT2D eigenvalue weighted by atomic mass is 10.0. The van der Waals surface area contributed by atoms with Crippen molar-refractivity contribution in [1.82, 2.24) is 4.90 Å². The minimum Gasteiger partial charge on any atom is -0.478 e. The van der Waals surface area contributed by atoms with E-state index >= 15 is 0 Å². The van der Waals surface area contributed by atoms with Gasteiger partial charge in [-0.05, 0) is 25.1 Å². The average Bonchev–Trinajstić information content (AvgIpc) is 2.67. The lowest BCUT2D eigenvalue weighted by Gasteiger charge is -2.12. The number of benzene rings is 1. The maximum atomic E-state index is 12.1. The number of carboxylic acids is 1. The number of nitrogens with two attached hydrogens (primary N) is 1. The first-order chi connectivity index (χ1) is 9.51. The molecule has 1 aliphatic heterocycles. The molecule has 0 fully saturated rings. The summed E-state index contributed by atoms with van der Waals surface area (Å²) in [5.41, 5.74) is 4.98. The summed E-state index contributed by atoms with van der Waals surface area (Å²) >= 11 is 0. The summed E-state index contributed by atoms with van der Waals surface area (Å²) in [5, 5.41) is 9.00. The molecule has 0 saturated carbocycles. The van der Waals surface area contributed by atoms with Gasteiger partial charge in [0.05, 0.1) is 16.7 Å². The van der Waals surface area contributed by atoms with E-state index in [-0.39, 0.29) is 28.8 Å². The van der Waals surface area contributed by atoms with Crippen LogP contribution in [0.25, 0.3) is 0 Å². The molecule has 7 nitrogen and oxygen atoms in total. The van der Waals surface area contributed by atoms with Gasteiger partial charge in [-0.1, -0.05) is 0 Å². The van der Waals surface area contributed by atoms with Gasteiger partial charge in [0.1, 0.15) is 0 Å². The predicted molar refractivity (Wildman–Crippen MR) is 67.8 cm³/mol. The van der Waals surface area contributed by atoms with Gasteiger partial charge in [-0.2, -0.15) is 0 Å². The fourth-order valence-corrected chi connectivity index (χ4v) is 2.09. The highest BCUT2D eigenvalue weighted by atomic mass is 16.4. The molecule has 3 N–H and O–H groups in total. The van der Waals surface area contributed by atoms with Gasteiger partial charge < -0.3 is 10.8 Å². The Hall–Kier alpha value is -2.54. The zero-order valence-electron chi connectivity index (χ0n) is 10.5. The monoisotopic (exact) mass is 276 g/mol. The van der Waals surface area contributed by atoms with Gasteiger partial charge in [0, 0.05) is 12.1 Å². The highest BCUT2D eigenvalue weighted by Gasteiger charge is 2.36. The summed E-state index contributed by atoms with van der Waals surface area (Å²) in [6, 6.07) is 2.22. The number of hydrogen-bond acceptors (Lipinski definition) is 5. The summed E-state index contributed by atoms with van der Waals surface area (Å²) in [6.07, 6.45) is 0.807. The second-order valence-electron chi connectivity index (χ2n) is 4.31. The predicted octanol–water partition coefficient (Wildman–Crippen LogP) is 0.142. The number of rotatable bonds is 5. The summed E-state index contributed by atoms with van der Waals surface area (Å²) in [5.74, 6) is -2.41. The highest BCUT2D eigenvalue weighted by molar-refractivity contribution is 6.22. The molecule has 20 heavy (non-hydrogen) atoms. The highest BCUT2D eigenvalue weighted by Crippen LogP contribution is 2.26. The third-order valence-corrected chi connectivity index (χ3v) is 3.08. The topological polar surface area (TPSA) is 118 Å². The van der Waals surface area contributed by atoms with E-state index in [1.807, 2.05) is 0 Å². The molecule has 0 unspecified atom stereocenters. The number of carbonyl (C=O) groups excluding carboxylic acids is 3. The minimum absolute atomic E-state index is 0.00928. The van der Waals surface area contributed by atoms with Crippen LogP contribution in [0.3, 0.4) is 0 Å². The first-order valence-electron chi connectivity index (χ1n) is 5.94. The second-order valence-corrected chi connectivity index (χ2v) is 4.31. The van der Waals surface area contributed by atoms with Crippen molar-refractivity contribution in [2.24, 2.45) is 5.73 Å². The van der Waals surface area contributed by atoms with Crippen molar-refractivity contribution in [2.75, 3.05) is 13.1 Å². The molecule has 1 heterocycles. The molecule has 1 aromatic carbocycles. The number of carboxylic acid groups (broad SMARTS) is 1. The van der Waals surface area contributed by atoms with Crippen LogP contribution in [0, 0.1) is 0 Å². The fraction of sp³-hybridized carbons (Fsp3) is 0.231. The zero-order valence-corrected chi connectivity index (χ0v) is 10.5. The van der Waals surface area contributed by atoms with Gasteiger partial charge in [-0.3, -0.25) is 19.3 Å². The van der Waals surface area contributed by atoms with E-state index in [4.69, 9.17) is 10.8 Å². The molecular weight excluding hydrogens is 264 g/mol. The normalized spacial score (nSPS) is 13.6. The van der Waals surface area contributed by atoms with E-state index in [9.17, 15) is 19.2 Å². The Morgan fingerprint density at radius 2 is 1.85 bits per heavy atom. The van der Waals surface area contributed by atoms with E-state index in [0.717, 1.165) is 17.0 Å². The van der Waals surface area contributed by atoms with E-state index in [1.54, 1.807) is 0 Å². The Labute approximate surface area is 114 Å². The third kappa shape index (κ3) is 2.08. The Bertz CT molecular complexity index is 623. The van der Waals surface area contributed by atoms with Crippen LogP contribution in [0.4, 0.5) is 0 Å². The number of nitrogens with zero attached hydrogens (tertiary/aromatic N) is 1. The largest absolute Gasteiger partial charge is 0.478 e. The standard InChI is InChI=1S/C13H12N2O5/c14-2-1-3-15-11(17)9-4-7(6-16)8(13(19)20)5-10(9)12(15)18/h4-6H,1-3,14H2,(H,19,20). The number of carbonyl (C=O) groups is 4. The van der Waals surface area contributed by atoms with Crippen molar-refractivity contribution in [3.05, 3.63) is 34.4 Å². The molecule has 7 heteroatoms. The van der Waals surface area contributed by atoms with Crippen LogP contribution in [-0.4, -0.2) is 47.2 Å². The van der Waals surface area contributed by atoms with E-state index < -0.39 is 17.8 Å². The van der Waals surface area contributed by atoms with Crippen LogP contribution >= 0.6 is 0 Å². The van der Waals surface area contributed by atoms with Crippen molar-refractivity contribution >= 4 is 24.1 Å². The number of fused-ring (bicyclic) bond motifs is 1. The average molecular weight is 276 g/mol. The Balaban J connectivity index is 2.50.